The maximum absolute atomic E-state index is 6.18. The molecule has 18 heavy (non-hydrogen) atoms. The Morgan fingerprint density at radius 1 is 1.00 bits per heavy atom. The largest absolute Gasteiger partial charge is 0.485 e. The Labute approximate surface area is 111 Å². The van der Waals surface area contributed by atoms with Crippen LogP contribution in [0.5, 0.6) is 5.75 Å². The van der Waals surface area contributed by atoms with Crippen LogP contribution in [0, 0.1) is 5.92 Å². The lowest BCUT2D eigenvalue weighted by atomic mass is 9.91. The molecule has 1 aliphatic heterocycles. The molecule has 0 amide bonds. The van der Waals surface area contributed by atoms with E-state index in [1.165, 1.54) is 16.7 Å². The highest BCUT2D eigenvalue weighted by molar-refractivity contribution is 6.30. The van der Waals surface area contributed by atoms with Gasteiger partial charge in [0.15, 0.2) is 0 Å². The van der Waals surface area contributed by atoms with Gasteiger partial charge in [-0.3, -0.25) is 0 Å². The number of benzene rings is 2. The first-order chi connectivity index (χ1) is 8.81. The van der Waals surface area contributed by atoms with Crippen molar-refractivity contribution < 1.29 is 4.74 Å². The van der Waals surface area contributed by atoms with E-state index in [4.69, 9.17) is 16.3 Å². The minimum absolute atomic E-state index is 0.215. The Morgan fingerprint density at radius 2 is 1.83 bits per heavy atom. The molecule has 0 unspecified atom stereocenters. The van der Waals surface area contributed by atoms with Gasteiger partial charge in [0, 0.05) is 10.9 Å². The van der Waals surface area contributed by atoms with Crippen molar-refractivity contribution >= 4 is 11.6 Å². The van der Waals surface area contributed by atoms with E-state index in [0.29, 0.717) is 5.92 Å². The summed E-state index contributed by atoms with van der Waals surface area (Å²) in [5.41, 5.74) is 4.00. The van der Waals surface area contributed by atoms with Crippen LogP contribution in [0.25, 0.3) is 0 Å². The van der Waals surface area contributed by atoms with Crippen molar-refractivity contribution in [1.82, 2.24) is 0 Å². The molecule has 4 rings (SSSR count). The first-order valence-corrected chi connectivity index (χ1v) is 6.72. The minimum Gasteiger partial charge on any atom is -0.485 e. The molecule has 1 nitrogen and oxygen atoms in total. The summed E-state index contributed by atoms with van der Waals surface area (Å²) in [5.74, 6) is 1.61. The highest BCUT2D eigenvalue weighted by Gasteiger charge is 2.37. The molecule has 1 aliphatic carbocycles. The zero-order valence-electron chi connectivity index (χ0n) is 9.90. The van der Waals surface area contributed by atoms with E-state index in [0.717, 1.165) is 23.6 Å². The topological polar surface area (TPSA) is 9.23 Å². The van der Waals surface area contributed by atoms with Gasteiger partial charge in [-0.05, 0) is 47.7 Å². The third-order valence-electron chi connectivity index (χ3n) is 4.03. The van der Waals surface area contributed by atoms with Crippen molar-refractivity contribution in [1.29, 1.82) is 0 Å². The van der Waals surface area contributed by atoms with Crippen molar-refractivity contribution in [2.24, 2.45) is 5.92 Å². The van der Waals surface area contributed by atoms with Crippen molar-refractivity contribution in [3.05, 3.63) is 64.2 Å². The van der Waals surface area contributed by atoms with E-state index in [-0.39, 0.29) is 6.10 Å². The Kier molecular flexibility index (Phi) is 2.18. The fraction of sp³-hybridized carbons (Fsp3) is 0.250. The Bertz CT molecular complexity index is 620. The first-order valence-electron chi connectivity index (χ1n) is 6.34. The van der Waals surface area contributed by atoms with Gasteiger partial charge in [-0.1, -0.05) is 35.9 Å². The molecule has 0 saturated carbocycles. The maximum Gasteiger partial charge on any atom is 0.127 e. The molecular weight excluding hydrogens is 244 g/mol. The summed E-state index contributed by atoms with van der Waals surface area (Å²) in [6.45, 7) is 0. The Hall–Kier alpha value is -1.47. The molecule has 2 aromatic carbocycles. The van der Waals surface area contributed by atoms with Crippen LogP contribution in [-0.4, -0.2) is 0 Å². The predicted octanol–water partition coefficient (Wildman–Crippen LogP) is 4.19. The zero-order chi connectivity index (χ0) is 12.1. The summed E-state index contributed by atoms with van der Waals surface area (Å²) >= 11 is 6.07. The normalized spacial score (nSPS) is 23.8. The minimum atomic E-state index is 0.215. The molecule has 2 atom stereocenters. The van der Waals surface area contributed by atoms with Gasteiger partial charge in [0.25, 0.3) is 0 Å². The summed E-state index contributed by atoms with van der Waals surface area (Å²) in [7, 11) is 0. The van der Waals surface area contributed by atoms with Gasteiger partial charge in [-0.25, -0.2) is 0 Å². The first kappa shape index (κ1) is 10.5. The lowest BCUT2D eigenvalue weighted by Gasteiger charge is -2.29. The van der Waals surface area contributed by atoms with Gasteiger partial charge in [0.1, 0.15) is 11.9 Å². The fourth-order valence-electron chi connectivity index (χ4n) is 3.22. The average molecular weight is 257 g/mol. The fourth-order valence-corrected chi connectivity index (χ4v) is 3.41. The molecule has 0 saturated heterocycles. The van der Waals surface area contributed by atoms with Gasteiger partial charge in [0.2, 0.25) is 0 Å². The van der Waals surface area contributed by atoms with E-state index in [1.54, 1.807) is 0 Å². The number of halogens is 1. The molecule has 0 fully saturated rings. The smallest absolute Gasteiger partial charge is 0.127 e. The standard InChI is InChI=1S/C16H13ClO/c17-13-5-6-14-11(9-13)8-12-7-10-3-1-2-4-15(10)18-16(12)14/h1-6,9,12,16H,7-8H2/t12-,16-/m1/s1. The van der Waals surface area contributed by atoms with Gasteiger partial charge in [-0.2, -0.15) is 0 Å². The summed E-state index contributed by atoms with van der Waals surface area (Å²) in [6, 6.07) is 14.5. The molecular formula is C16H13ClO. The van der Waals surface area contributed by atoms with E-state index < -0.39 is 0 Å². The van der Waals surface area contributed by atoms with Crippen LogP contribution >= 0.6 is 11.6 Å². The zero-order valence-corrected chi connectivity index (χ0v) is 10.7. The van der Waals surface area contributed by atoms with Crippen LogP contribution in [0.1, 0.15) is 22.8 Å². The molecule has 90 valence electrons. The number of hydrogen-bond donors (Lipinski definition) is 0. The summed E-state index contributed by atoms with van der Waals surface area (Å²) in [4.78, 5) is 0. The molecule has 0 spiro atoms. The molecule has 0 bridgehead atoms. The second kappa shape index (κ2) is 3.76. The SMILES string of the molecule is Clc1ccc2c(c1)C[C@H]1Cc3ccccc3O[C@@H]21. The maximum atomic E-state index is 6.18. The molecule has 0 N–H and O–H groups in total. The monoisotopic (exact) mass is 256 g/mol. The van der Waals surface area contributed by atoms with E-state index in [1.807, 2.05) is 12.1 Å². The molecule has 0 aromatic heterocycles. The highest BCUT2D eigenvalue weighted by Crippen LogP contribution is 2.46. The van der Waals surface area contributed by atoms with Crippen LogP contribution in [0.3, 0.4) is 0 Å². The van der Waals surface area contributed by atoms with Crippen molar-refractivity contribution in [3.8, 4) is 5.75 Å². The third-order valence-corrected chi connectivity index (χ3v) is 4.27. The molecule has 0 radical (unpaired) electrons. The van der Waals surface area contributed by atoms with Crippen LogP contribution in [0.4, 0.5) is 0 Å². The Balaban J connectivity index is 1.78. The number of hydrogen-bond acceptors (Lipinski definition) is 1. The van der Waals surface area contributed by atoms with Crippen molar-refractivity contribution in [2.75, 3.05) is 0 Å². The van der Waals surface area contributed by atoms with Crippen LogP contribution < -0.4 is 4.74 Å². The lowest BCUT2D eigenvalue weighted by Crippen LogP contribution is -2.22. The molecule has 2 aliphatic rings. The summed E-state index contributed by atoms with van der Waals surface area (Å²) in [6.07, 6.45) is 2.40. The van der Waals surface area contributed by atoms with Crippen molar-refractivity contribution in [3.63, 3.8) is 0 Å². The predicted molar refractivity (Wildman–Crippen MR) is 72.2 cm³/mol. The van der Waals surface area contributed by atoms with Gasteiger partial charge < -0.3 is 4.74 Å². The molecule has 1 heterocycles. The van der Waals surface area contributed by atoms with E-state index in [2.05, 4.69) is 30.3 Å². The third kappa shape index (κ3) is 1.47. The van der Waals surface area contributed by atoms with Crippen LogP contribution in [0.2, 0.25) is 5.02 Å². The van der Waals surface area contributed by atoms with Gasteiger partial charge >= 0.3 is 0 Å². The Morgan fingerprint density at radius 3 is 2.78 bits per heavy atom. The van der Waals surface area contributed by atoms with Crippen LogP contribution in [0.15, 0.2) is 42.5 Å². The second-order valence-electron chi connectivity index (χ2n) is 5.16. The molecule has 2 aromatic rings. The average Bonchev–Trinajstić information content (AvgIpc) is 2.72. The second-order valence-corrected chi connectivity index (χ2v) is 5.59. The summed E-state index contributed by atoms with van der Waals surface area (Å²) < 4.78 is 6.18. The van der Waals surface area contributed by atoms with Gasteiger partial charge in [0.05, 0.1) is 0 Å². The number of ether oxygens (including phenoxy) is 1. The number of para-hydroxylation sites is 1. The molecule has 2 heteroatoms. The lowest BCUT2D eigenvalue weighted by molar-refractivity contribution is 0.128. The van der Waals surface area contributed by atoms with E-state index >= 15 is 0 Å². The quantitative estimate of drug-likeness (QED) is 0.687. The van der Waals surface area contributed by atoms with Crippen LogP contribution in [-0.2, 0) is 12.8 Å². The van der Waals surface area contributed by atoms with E-state index in [9.17, 15) is 0 Å². The number of rotatable bonds is 0. The van der Waals surface area contributed by atoms with Crippen molar-refractivity contribution in [2.45, 2.75) is 18.9 Å². The summed E-state index contributed by atoms with van der Waals surface area (Å²) in [5, 5.41) is 0.824. The van der Waals surface area contributed by atoms with Gasteiger partial charge in [-0.15, -0.1) is 0 Å². The number of fused-ring (bicyclic) bond motifs is 4. The highest BCUT2D eigenvalue weighted by atomic mass is 35.5.